The van der Waals surface area contributed by atoms with Crippen molar-refractivity contribution in [3.8, 4) is 0 Å². The van der Waals surface area contributed by atoms with Crippen molar-refractivity contribution >= 4 is 48.9 Å². The summed E-state index contributed by atoms with van der Waals surface area (Å²) in [4.78, 5) is 0. The lowest BCUT2D eigenvalue weighted by Gasteiger charge is -2.14. The van der Waals surface area contributed by atoms with Gasteiger partial charge >= 0.3 is 0 Å². The van der Waals surface area contributed by atoms with Crippen molar-refractivity contribution in [3.63, 3.8) is 0 Å². The summed E-state index contributed by atoms with van der Waals surface area (Å²) in [5.74, 6) is 0.489. The zero-order valence-corrected chi connectivity index (χ0v) is 13.3. The first-order valence-electron chi connectivity index (χ1n) is 5.40. The van der Waals surface area contributed by atoms with E-state index in [1.807, 2.05) is 0 Å². The number of nitrogens with zero attached hydrogens (tertiary/aromatic N) is 1. The molecule has 0 aromatic carbocycles. The van der Waals surface area contributed by atoms with Crippen molar-refractivity contribution < 1.29 is 8.42 Å². The third-order valence-electron chi connectivity index (χ3n) is 3.04. The number of sulfonamides is 1. The van der Waals surface area contributed by atoms with Gasteiger partial charge in [-0.25, -0.2) is 8.42 Å². The largest absolute Gasteiger partial charge is 0.252 e. The number of halogens is 2. The molecule has 0 N–H and O–H groups in total. The molecule has 0 radical (unpaired) electrons. The Morgan fingerprint density at radius 1 is 1.65 bits per heavy atom. The summed E-state index contributed by atoms with van der Waals surface area (Å²) in [7, 11) is -3.35. The van der Waals surface area contributed by atoms with E-state index < -0.39 is 10.0 Å². The van der Waals surface area contributed by atoms with Crippen molar-refractivity contribution in [2.24, 2.45) is 5.92 Å². The van der Waals surface area contributed by atoms with Crippen LogP contribution in [-0.2, 0) is 10.0 Å². The molecule has 0 spiro atoms. The monoisotopic (exact) mass is 357 g/mol. The van der Waals surface area contributed by atoms with E-state index in [2.05, 4.69) is 22.9 Å². The van der Waals surface area contributed by atoms with Crippen molar-refractivity contribution in [2.75, 3.05) is 13.1 Å². The molecular weight excluding hydrogens is 346 g/mol. The molecule has 0 amide bonds. The van der Waals surface area contributed by atoms with E-state index in [4.69, 9.17) is 11.6 Å². The number of hydrogen-bond acceptors (Lipinski definition) is 3. The van der Waals surface area contributed by atoms with Gasteiger partial charge in [0.15, 0.2) is 0 Å². The highest BCUT2D eigenvalue weighted by atomic mass is 79.9. The lowest BCUT2D eigenvalue weighted by atomic mass is 10.1. The molecule has 1 aromatic rings. The van der Waals surface area contributed by atoms with E-state index in [1.165, 1.54) is 17.4 Å². The van der Waals surface area contributed by atoms with Gasteiger partial charge in [0.05, 0.1) is 8.81 Å². The molecule has 2 heterocycles. The molecular formula is C10H13BrClNO2S2. The lowest BCUT2D eigenvalue weighted by Crippen LogP contribution is -2.28. The van der Waals surface area contributed by atoms with Gasteiger partial charge in [-0.1, -0.05) is 24.9 Å². The molecule has 0 saturated carbocycles. The Bertz CT molecular complexity index is 495. The molecule has 17 heavy (non-hydrogen) atoms. The quantitative estimate of drug-likeness (QED) is 0.828. The second-order valence-electron chi connectivity index (χ2n) is 4.11. The molecule has 0 bridgehead atoms. The second-order valence-corrected chi connectivity index (χ2v) is 9.06. The molecule has 2 rings (SSSR count). The van der Waals surface area contributed by atoms with Crippen LogP contribution in [0.1, 0.15) is 19.8 Å². The average molecular weight is 359 g/mol. The maximum Gasteiger partial charge on any atom is 0.252 e. The van der Waals surface area contributed by atoms with Crippen LogP contribution in [0.3, 0.4) is 0 Å². The first-order valence-corrected chi connectivity index (χ1v) is 8.83. The Labute approximate surface area is 119 Å². The van der Waals surface area contributed by atoms with E-state index in [9.17, 15) is 8.42 Å². The van der Waals surface area contributed by atoms with Crippen molar-refractivity contribution in [1.29, 1.82) is 0 Å². The zero-order valence-electron chi connectivity index (χ0n) is 9.32. The number of hydrogen-bond donors (Lipinski definition) is 0. The van der Waals surface area contributed by atoms with Gasteiger partial charge in [-0.05, 0) is 34.3 Å². The van der Waals surface area contributed by atoms with Crippen LogP contribution in [-0.4, -0.2) is 25.8 Å². The molecule has 1 saturated heterocycles. The van der Waals surface area contributed by atoms with Gasteiger partial charge in [-0.2, -0.15) is 4.31 Å². The molecule has 7 heteroatoms. The van der Waals surface area contributed by atoms with E-state index in [1.54, 1.807) is 4.31 Å². The minimum absolute atomic E-state index is 0.325. The first-order chi connectivity index (χ1) is 7.95. The summed E-state index contributed by atoms with van der Waals surface area (Å²) >= 11 is 10.3. The summed E-state index contributed by atoms with van der Waals surface area (Å²) in [5, 5.41) is 0.458. The van der Waals surface area contributed by atoms with Crippen LogP contribution in [0.2, 0.25) is 5.02 Å². The van der Waals surface area contributed by atoms with Crippen LogP contribution in [0.4, 0.5) is 0 Å². The Kier molecular flexibility index (Phi) is 4.20. The Morgan fingerprint density at radius 3 is 2.82 bits per heavy atom. The number of rotatable bonds is 3. The fourth-order valence-electron chi connectivity index (χ4n) is 1.93. The van der Waals surface area contributed by atoms with Crippen LogP contribution in [0, 0.1) is 5.92 Å². The molecule has 1 aromatic heterocycles. The second kappa shape index (κ2) is 5.17. The Morgan fingerprint density at radius 2 is 2.35 bits per heavy atom. The highest BCUT2D eigenvalue weighted by Crippen LogP contribution is 2.37. The van der Waals surface area contributed by atoms with Crippen molar-refractivity contribution in [3.05, 3.63) is 14.9 Å². The first kappa shape index (κ1) is 13.8. The summed E-state index contributed by atoms with van der Waals surface area (Å²) in [6.45, 7) is 3.35. The van der Waals surface area contributed by atoms with Gasteiger partial charge < -0.3 is 0 Å². The summed E-state index contributed by atoms with van der Waals surface area (Å²) in [6, 6.07) is 1.52. The maximum absolute atomic E-state index is 12.3. The third kappa shape index (κ3) is 2.71. The highest BCUT2D eigenvalue weighted by Gasteiger charge is 2.33. The Balaban J connectivity index is 2.25. The molecule has 3 nitrogen and oxygen atoms in total. The maximum atomic E-state index is 12.3. The van der Waals surface area contributed by atoms with E-state index in [0.717, 1.165) is 12.8 Å². The molecule has 1 aliphatic heterocycles. The van der Waals surface area contributed by atoms with E-state index in [0.29, 0.717) is 32.0 Å². The molecule has 0 aliphatic carbocycles. The van der Waals surface area contributed by atoms with Crippen molar-refractivity contribution in [1.82, 2.24) is 4.31 Å². The summed E-state index contributed by atoms with van der Waals surface area (Å²) in [6.07, 6.45) is 1.98. The van der Waals surface area contributed by atoms with E-state index >= 15 is 0 Å². The molecule has 96 valence electrons. The summed E-state index contributed by atoms with van der Waals surface area (Å²) in [5.41, 5.74) is 0. The standard InChI is InChI=1S/C10H13BrClNO2S2/c1-2-7-3-4-13(6-7)17(14,15)9-5-8(12)10(11)16-9/h5,7H,2-4,6H2,1H3. The fourth-order valence-corrected chi connectivity index (χ4v) is 6.01. The van der Waals surface area contributed by atoms with Crippen LogP contribution >= 0.6 is 38.9 Å². The normalized spacial score (nSPS) is 22.2. The van der Waals surface area contributed by atoms with Crippen molar-refractivity contribution in [2.45, 2.75) is 24.0 Å². The van der Waals surface area contributed by atoms with Gasteiger partial charge in [0.1, 0.15) is 4.21 Å². The predicted octanol–water partition coefficient (Wildman–Crippen LogP) is 3.58. The van der Waals surface area contributed by atoms with Crippen LogP contribution in [0.15, 0.2) is 14.1 Å². The van der Waals surface area contributed by atoms with E-state index in [-0.39, 0.29) is 0 Å². The minimum atomic E-state index is -3.35. The van der Waals surface area contributed by atoms with Gasteiger partial charge in [-0.3, -0.25) is 0 Å². The van der Waals surface area contributed by atoms with Gasteiger partial charge in [0.2, 0.25) is 0 Å². The third-order valence-corrected chi connectivity index (χ3v) is 7.83. The van der Waals surface area contributed by atoms with Crippen LogP contribution < -0.4 is 0 Å². The molecule has 1 unspecified atom stereocenters. The average Bonchev–Trinajstić information content (AvgIpc) is 2.87. The van der Waals surface area contributed by atoms with Crippen LogP contribution in [0.25, 0.3) is 0 Å². The smallest absolute Gasteiger partial charge is 0.206 e. The van der Waals surface area contributed by atoms with Gasteiger partial charge in [0.25, 0.3) is 10.0 Å². The Hall–Kier alpha value is 0.380. The number of thiophene rings is 1. The minimum Gasteiger partial charge on any atom is -0.206 e. The predicted molar refractivity (Wildman–Crippen MR) is 74.2 cm³/mol. The highest BCUT2D eigenvalue weighted by molar-refractivity contribution is 9.11. The summed E-state index contributed by atoms with van der Waals surface area (Å²) < 4.78 is 27.2. The molecule has 1 aliphatic rings. The van der Waals surface area contributed by atoms with Crippen LogP contribution in [0.5, 0.6) is 0 Å². The van der Waals surface area contributed by atoms with Gasteiger partial charge in [0, 0.05) is 13.1 Å². The topological polar surface area (TPSA) is 37.4 Å². The molecule has 1 fully saturated rings. The SMILES string of the molecule is CCC1CCN(S(=O)(=O)c2cc(Cl)c(Br)s2)C1. The fraction of sp³-hybridized carbons (Fsp3) is 0.600. The zero-order chi connectivity index (χ0) is 12.6. The molecule has 1 atom stereocenters. The van der Waals surface area contributed by atoms with Gasteiger partial charge in [-0.15, -0.1) is 11.3 Å². The lowest BCUT2D eigenvalue weighted by molar-refractivity contribution is 0.454.